The fourth-order valence-corrected chi connectivity index (χ4v) is 2.80. The minimum absolute atomic E-state index is 0.133. The highest BCUT2D eigenvalue weighted by atomic mass is 16.4. The lowest BCUT2D eigenvalue weighted by atomic mass is 10.2. The van der Waals surface area contributed by atoms with Crippen LogP contribution >= 0.6 is 0 Å². The van der Waals surface area contributed by atoms with Crippen LogP contribution in [0.1, 0.15) is 26.2 Å². The molecule has 0 saturated heterocycles. The smallest absolute Gasteiger partial charge is 0.306 e. The summed E-state index contributed by atoms with van der Waals surface area (Å²) in [6.45, 7) is 2.09. The van der Waals surface area contributed by atoms with E-state index in [-0.39, 0.29) is 23.8 Å². The van der Waals surface area contributed by atoms with Crippen molar-refractivity contribution in [3.05, 3.63) is 0 Å². The van der Waals surface area contributed by atoms with Crippen LogP contribution in [0.15, 0.2) is 0 Å². The second-order valence-corrected chi connectivity index (χ2v) is 5.68. The molecule has 4 heteroatoms. The number of carbonyl (C=O) groups excluding carboxylic acids is 1. The minimum Gasteiger partial charge on any atom is -0.481 e. The Hall–Kier alpha value is -1.06. The van der Waals surface area contributed by atoms with Crippen LogP contribution in [0.3, 0.4) is 0 Å². The van der Waals surface area contributed by atoms with E-state index in [0.717, 1.165) is 19.3 Å². The lowest BCUT2D eigenvalue weighted by Crippen LogP contribution is -2.29. The average Bonchev–Trinajstić information content (AvgIpc) is 3.03. The summed E-state index contributed by atoms with van der Waals surface area (Å²) in [7, 11) is 0. The van der Waals surface area contributed by atoms with E-state index in [4.69, 9.17) is 5.11 Å². The largest absolute Gasteiger partial charge is 0.481 e. The molecule has 0 spiro atoms. The van der Waals surface area contributed by atoms with E-state index in [1.165, 1.54) is 0 Å². The van der Waals surface area contributed by atoms with Crippen molar-refractivity contribution in [1.29, 1.82) is 0 Å². The molecule has 3 fully saturated rings. The van der Waals surface area contributed by atoms with Crippen molar-refractivity contribution in [2.45, 2.75) is 32.2 Å². The van der Waals surface area contributed by atoms with E-state index < -0.39 is 5.97 Å². The summed E-state index contributed by atoms with van der Waals surface area (Å²) in [6, 6.07) is 0.273. The van der Waals surface area contributed by atoms with Crippen molar-refractivity contribution >= 4 is 11.9 Å². The zero-order valence-corrected chi connectivity index (χ0v) is 9.35. The Kier molecular flexibility index (Phi) is 2.03. The highest BCUT2D eigenvalue weighted by Crippen LogP contribution is 2.54. The molecule has 0 aromatic carbocycles. The average molecular weight is 223 g/mol. The van der Waals surface area contributed by atoms with Crippen LogP contribution in [0.5, 0.6) is 0 Å². The molecule has 88 valence electrons. The van der Waals surface area contributed by atoms with Crippen molar-refractivity contribution < 1.29 is 14.7 Å². The molecule has 3 aliphatic carbocycles. The molecule has 3 aliphatic rings. The van der Waals surface area contributed by atoms with Gasteiger partial charge in [0, 0.05) is 12.0 Å². The molecule has 0 aromatic heterocycles. The third-order valence-corrected chi connectivity index (χ3v) is 4.32. The maximum Gasteiger partial charge on any atom is 0.306 e. The fraction of sp³-hybridized carbons (Fsp3) is 0.833. The summed E-state index contributed by atoms with van der Waals surface area (Å²) in [4.78, 5) is 22.3. The van der Waals surface area contributed by atoms with Crippen LogP contribution in [0.4, 0.5) is 0 Å². The van der Waals surface area contributed by atoms with Crippen molar-refractivity contribution in [3.63, 3.8) is 0 Å². The SMILES string of the molecule is CC1CC1C(=O)N[C@@H]1C[C@@H]1[C@@H]1C[C@@H]1C(=O)O. The maximum absolute atomic E-state index is 11.6. The molecule has 0 radical (unpaired) electrons. The van der Waals surface area contributed by atoms with Gasteiger partial charge in [0.05, 0.1) is 5.92 Å². The van der Waals surface area contributed by atoms with E-state index in [9.17, 15) is 9.59 Å². The van der Waals surface area contributed by atoms with Gasteiger partial charge in [0.25, 0.3) is 0 Å². The van der Waals surface area contributed by atoms with Crippen LogP contribution < -0.4 is 5.32 Å². The first-order chi connectivity index (χ1) is 7.58. The molecule has 3 saturated carbocycles. The molecule has 2 N–H and O–H groups in total. The van der Waals surface area contributed by atoms with Crippen molar-refractivity contribution in [3.8, 4) is 0 Å². The number of aliphatic carboxylic acids is 1. The molecule has 4 nitrogen and oxygen atoms in total. The molecule has 3 rings (SSSR count). The Bertz CT molecular complexity index is 354. The van der Waals surface area contributed by atoms with Crippen molar-refractivity contribution in [1.82, 2.24) is 5.32 Å². The molecule has 0 aromatic rings. The number of amides is 1. The van der Waals surface area contributed by atoms with Gasteiger partial charge in [-0.3, -0.25) is 9.59 Å². The lowest BCUT2D eigenvalue weighted by molar-refractivity contribution is -0.138. The number of hydrogen-bond donors (Lipinski definition) is 2. The van der Waals surface area contributed by atoms with Crippen molar-refractivity contribution in [2.75, 3.05) is 0 Å². The summed E-state index contributed by atoms with van der Waals surface area (Å²) in [5.74, 6) is 0.941. The summed E-state index contributed by atoms with van der Waals surface area (Å²) in [6.07, 6.45) is 2.82. The molecule has 0 aliphatic heterocycles. The van der Waals surface area contributed by atoms with Gasteiger partial charge in [-0.1, -0.05) is 6.92 Å². The number of carbonyl (C=O) groups is 2. The number of rotatable bonds is 4. The predicted molar refractivity (Wildman–Crippen MR) is 56.5 cm³/mol. The first kappa shape index (κ1) is 10.1. The van der Waals surface area contributed by atoms with E-state index in [1.807, 2.05) is 0 Å². The van der Waals surface area contributed by atoms with Crippen LogP contribution in [0.2, 0.25) is 0 Å². The fourth-order valence-electron chi connectivity index (χ4n) is 2.80. The third-order valence-electron chi connectivity index (χ3n) is 4.32. The number of nitrogens with one attached hydrogen (secondary N) is 1. The summed E-state index contributed by atoms with van der Waals surface area (Å²) >= 11 is 0. The molecule has 2 unspecified atom stereocenters. The van der Waals surface area contributed by atoms with Gasteiger partial charge in [-0.05, 0) is 37.0 Å². The van der Waals surface area contributed by atoms with Gasteiger partial charge in [0.15, 0.2) is 0 Å². The normalized spacial score (nSPS) is 48.3. The highest BCUT2D eigenvalue weighted by molar-refractivity contribution is 5.82. The topological polar surface area (TPSA) is 66.4 Å². The number of hydrogen-bond acceptors (Lipinski definition) is 2. The zero-order chi connectivity index (χ0) is 11.4. The van der Waals surface area contributed by atoms with Gasteiger partial charge < -0.3 is 10.4 Å². The summed E-state index contributed by atoms with van der Waals surface area (Å²) in [5, 5.41) is 11.9. The minimum atomic E-state index is -0.669. The Morgan fingerprint density at radius 1 is 1.12 bits per heavy atom. The van der Waals surface area contributed by atoms with E-state index in [1.54, 1.807) is 0 Å². The Balaban J connectivity index is 1.44. The van der Waals surface area contributed by atoms with E-state index in [2.05, 4.69) is 12.2 Å². The summed E-state index contributed by atoms with van der Waals surface area (Å²) in [5.41, 5.74) is 0. The summed E-state index contributed by atoms with van der Waals surface area (Å²) < 4.78 is 0. The van der Waals surface area contributed by atoms with E-state index >= 15 is 0 Å². The Labute approximate surface area is 94.4 Å². The first-order valence-electron chi connectivity index (χ1n) is 6.11. The quantitative estimate of drug-likeness (QED) is 0.743. The monoisotopic (exact) mass is 223 g/mol. The van der Waals surface area contributed by atoms with Gasteiger partial charge in [-0.15, -0.1) is 0 Å². The second kappa shape index (κ2) is 3.22. The number of carboxylic acid groups (broad SMARTS) is 1. The van der Waals surface area contributed by atoms with Gasteiger partial charge >= 0.3 is 5.97 Å². The van der Waals surface area contributed by atoms with Crippen LogP contribution in [-0.2, 0) is 9.59 Å². The van der Waals surface area contributed by atoms with Gasteiger partial charge in [0.2, 0.25) is 5.91 Å². The Morgan fingerprint density at radius 3 is 2.31 bits per heavy atom. The van der Waals surface area contributed by atoms with Gasteiger partial charge in [-0.25, -0.2) is 0 Å². The first-order valence-corrected chi connectivity index (χ1v) is 6.11. The third kappa shape index (κ3) is 1.70. The second-order valence-electron chi connectivity index (χ2n) is 5.68. The zero-order valence-electron chi connectivity index (χ0n) is 9.35. The van der Waals surface area contributed by atoms with Crippen LogP contribution in [0, 0.1) is 29.6 Å². The maximum atomic E-state index is 11.6. The molecule has 1 amide bonds. The molecular weight excluding hydrogens is 206 g/mol. The Morgan fingerprint density at radius 2 is 1.81 bits per heavy atom. The van der Waals surface area contributed by atoms with Gasteiger partial charge in [0.1, 0.15) is 0 Å². The van der Waals surface area contributed by atoms with Crippen LogP contribution in [0.25, 0.3) is 0 Å². The molecule has 0 heterocycles. The van der Waals surface area contributed by atoms with Crippen LogP contribution in [-0.4, -0.2) is 23.0 Å². The number of carboxylic acids is 1. The lowest BCUT2D eigenvalue weighted by Gasteiger charge is -2.02. The molecule has 16 heavy (non-hydrogen) atoms. The van der Waals surface area contributed by atoms with E-state index in [0.29, 0.717) is 17.8 Å². The molecular formula is C12H17NO3. The highest BCUT2D eigenvalue weighted by Gasteiger charge is 2.57. The molecule has 6 atom stereocenters. The predicted octanol–water partition coefficient (Wildman–Crippen LogP) is 0.868. The molecule has 0 bridgehead atoms. The standard InChI is InChI=1S/C12H17NO3/c1-5-2-6(5)11(14)13-10-4-8(10)7-3-9(7)12(15)16/h5-10H,2-4H2,1H3,(H,13,14)(H,15,16)/t5?,6?,7-,8+,9-,10+/m0/s1. The van der Waals surface area contributed by atoms with Crippen molar-refractivity contribution in [2.24, 2.45) is 29.6 Å². The van der Waals surface area contributed by atoms with Gasteiger partial charge in [-0.2, -0.15) is 0 Å².